The molecule has 0 saturated heterocycles. The van der Waals surface area contributed by atoms with Crippen LogP contribution in [-0.4, -0.2) is 64.7 Å². The maximum atomic E-state index is 13.2. The van der Waals surface area contributed by atoms with Crippen LogP contribution >= 0.6 is 0 Å². The van der Waals surface area contributed by atoms with Crippen LogP contribution < -0.4 is 14.8 Å². The second kappa shape index (κ2) is 11.0. The minimum absolute atomic E-state index is 0.0685. The molecular formula is C24H30N6O5S. The maximum Gasteiger partial charge on any atom is 0.322 e. The first-order chi connectivity index (χ1) is 17.3. The summed E-state index contributed by atoms with van der Waals surface area (Å²) in [6, 6.07) is 11.1. The van der Waals surface area contributed by atoms with Gasteiger partial charge in [0.2, 0.25) is 10.0 Å². The Hall–Kier alpha value is -3.64. The van der Waals surface area contributed by atoms with Gasteiger partial charge in [-0.25, -0.2) is 13.2 Å². The van der Waals surface area contributed by atoms with Crippen LogP contribution in [0.4, 0.5) is 10.5 Å². The largest absolute Gasteiger partial charge is 0.494 e. The molecule has 1 aliphatic heterocycles. The SMILES string of the molecule is CCOc1ccc(Oc2ccc(S(=O)(=O)N(CC)CC)cc2NC(=O)N2CCn3cnnc3C2)cc1. The third-order valence-corrected chi connectivity index (χ3v) is 7.87. The first-order valence-corrected chi connectivity index (χ1v) is 13.3. The van der Waals surface area contributed by atoms with Gasteiger partial charge in [0, 0.05) is 26.2 Å². The van der Waals surface area contributed by atoms with E-state index in [1.54, 1.807) is 55.4 Å². The molecule has 12 heteroatoms. The van der Waals surface area contributed by atoms with Crippen LogP contribution in [0.2, 0.25) is 0 Å². The molecule has 11 nitrogen and oxygen atoms in total. The van der Waals surface area contributed by atoms with E-state index in [4.69, 9.17) is 9.47 Å². The van der Waals surface area contributed by atoms with Crippen molar-refractivity contribution in [1.82, 2.24) is 24.0 Å². The van der Waals surface area contributed by atoms with Crippen LogP contribution in [0.25, 0.3) is 0 Å². The van der Waals surface area contributed by atoms with Crippen LogP contribution in [-0.2, 0) is 23.1 Å². The Morgan fingerprint density at radius 2 is 1.78 bits per heavy atom. The average molecular weight is 515 g/mol. The molecule has 4 rings (SSSR count). The number of rotatable bonds is 9. The van der Waals surface area contributed by atoms with E-state index in [1.807, 2.05) is 11.5 Å². The number of hydrogen-bond acceptors (Lipinski definition) is 7. The minimum Gasteiger partial charge on any atom is -0.494 e. The summed E-state index contributed by atoms with van der Waals surface area (Å²) in [6.45, 7) is 8.00. The van der Waals surface area contributed by atoms with Gasteiger partial charge in [0.1, 0.15) is 17.8 Å². The van der Waals surface area contributed by atoms with E-state index < -0.39 is 16.1 Å². The summed E-state index contributed by atoms with van der Waals surface area (Å²) in [6.07, 6.45) is 1.63. The predicted octanol–water partition coefficient (Wildman–Crippen LogP) is 3.55. The van der Waals surface area contributed by atoms with E-state index in [0.717, 1.165) is 0 Å². The molecule has 2 amide bonds. The van der Waals surface area contributed by atoms with Crippen LogP contribution in [0.1, 0.15) is 26.6 Å². The summed E-state index contributed by atoms with van der Waals surface area (Å²) >= 11 is 0. The van der Waals surface area contributed by atoms with Crippen LogP contribution in [0, 0.1) is 0 Å². The van der Waals surface area contributed by atoms with Gasteiger partial charge in [-0.3, -0.25) is 0 Å². The zero-order valence-corrected chi connectivity index (χ0v) is 21.4. The van der Waals surface area contributed by atoms with Gasteiger partial charge >= 0.3 is 6.03 Å². The van der Waals surface area contributed by atoms with Crippen molar-refractivity contribution in [1.29, 1.82) is 0 Å². The fraction of sp³-hybridized carbons (Fsp3) is 0.375. The minimum atomic E-state index is -3.74. The van der Waals surface area contributed by atoms with Crippen LogP contribution in [0.15, 0.2) is 53.7 Å². The fourth-order valence-electron chi connectivity index (χ4n) is 3.90. The average Bonchev–Trinajstić information content (AvgIpc) is 3.35. The lowest BCUT2D eigenvalue weighted by atomic mass is 10.2. The molecule has 192 valence electrons. The monoisotopic (exact) mass is 514 g/mol. The Balaban J connectivity index is 1.63. The normalized spacial score (nSPS) is 13.4. The molecule has 0 spiro atoms. The van der Waals surface area contributed by atoms with Crippen LogP contribution in [0.3, 0.4) is 0 Å². The second-order valence-corrected chi connectivity index (χ2v) is 9.98. The highest BCUT2D eigenvalue weighted by Crippen LogP contribution is 2.34. The first-order valence-electron chi connectivity index (χ1n) is 11.8. The number of nitrogens with zero attached hydrogens (tertiary/aromatic N) is 5. The topological polar surface area (TPSA) is 119 Å². The van der Waals surface area contributed by atoms with Gasteiger partial charge < -0.3 is 24.3 Å². The zero-order chi connectivity index (χ0) is 25.7. The van der Waals surface area contributed by atoms with E-state index in [2.05, 4.69) is 15.5 Å². The number of hydrogen-bond donors (Lipinski definition) is 1. The Kier molecular flexibility index (Phi) is 7.75. The number of urea groups is 1. The second-order valence-electron chi connectivity index (χ2n) is 8.05. The third-order valence-electron chi connectivity index (χ3n) is 5.82. The van der Waals surface area contributed by atoms with E-state index in [9.17, 15) is 13.2 Å². The van der Waals surface area contributed by atoms with Gasteiger partial charge in [0.15, 0.2) is 11.6 Å². The number of nitrogens with one attached hydrogen (secondary N) is 1. The molecule has 1 aliphatic rings. The van der Waals surface area contributed by atoms with Crippen molar-refractivity contribution in [3.63, 3.8) is 0 Å². The van der Waals surface area contributed by atoms with Gasteiger partial charge in [0.05, 0.1) is 23.7 Å². The number of carbonyl (C=O) groups is 1. The molecule has 0 bridgehead atoms. The van der Waals surface area contributed by atoms with E-state index in [-0.39, 0.29) is 10.6 Å². The molecule has 36 heavy (non-hydrogen) atoms. The quantitative estimate of drug-likeness (QED) is 0.464. The number of amides is 2. The summed E-state index contributed by atoms with van der Waals surface area (Å²) in [5, 5.41) is 10.8. The lowest BCUT2D eigenvalue weighted by Gasteiger charge is -2.27. The van der Waals surface area contributed by atoms with E-state index in [1.165, 1.54) is 16.4 Å². The van der Waals surface area contributed by atoms with E-state index >= 15 is 0 Å². The molecule has 0 aliphatic carbocycles. The standard InChI is InChI=1S/C24H30N6O5S/c1-4-30(5-2)36(32,33)20-11-12-22(35-19-9-7-18(8-10-19)34-6-3)21(15-20)26-24(31)28-13-14-29-17-25-27-23(29)16-28/h7-12,15,17H,4-6,13-14,16H2,1-3H3,(H,26,31). The lowest BCUT2D eigenvalue weighted by Crippen LogP contribution is -2.40. The third kappa shape index (κ3) is 5.44. The molecule has 2 heterocycles. The molecule has 0 atom stereocenters. The molecule has 0 saturated carbocycles. The highest BCUT2D eigenvalue weighted by molar-refractivity contribution is 7.89. The van der Waals surface area contributed by atoms with Crippen molar-refractivity contribution in [2.45, 2.75) is 38.8 Å². The Morgan fingerprint density at radius 1 is 1.06 bits per heavy atom. The number of benzene rings is 2. The molecule has 0 radical (unpaired) electrons. The zero-order valence-electron chi connectivity index (χ0n) is 20.5. The fourth-order valence-corrected chi connectivity index (χ4v) is 5.39. The summed E-state index contributed by atoms with van der Waals surface area (Å²) in [5.41, 5.74) is 0.245. The van der Waals surface area contributed by atoms with E-state index in [0.29, 0.717) is 62.4 Å². The molecule has 2 aromatic carbocycles. The van der Waals surface area contributed by atoms with Crippen LogP contribution in [0.5, 0.6) is 17.2 Å². The van der Waals surface area contributed by atoms with Gasteiger partial charge in [0.25, 0.3) is 0 Å². The van der Waals surface area contributed by atoms with Crippen molar-refractivity contribution >= 4 is 21.7 Å². The molecule has 0 unspecified atom stereocenters. The molecule has 1 N–H and O–H groups in total. The van der Waals surface area contributed by atoms with Crippen molar-refractivity contribution in [2.24, 2.45) is 0 Å². The Morgan fingerprint density at radius 3 is 2.47 bits per heavy atom. The summed E-state index contributed by atoms with van der Waals surface area (Å²) in [5.74, 6) is 2.21. The molecular weight excluding hydrogens is 484 g/mol. The van der Waals surface area contributed by atoms with Gasteiger partial charge in [-0.15, -0.1) is 10.2 Å². The number of carbonyl (C=O) groups excluding carboxylic acids is 1. The number of fused-ring (bicyclic) bond motifs is 1. The molecule has 0 fully saturated rings. The van der Waals surface area contributed by atoms with Gasteiger partial charge in [-0.1, -0.05) is 13.8 Å². The van der Waals surface area contributed by atoms with Gasteiger partial charge in [-0.05, 0) is 49.4 Å². The highest BCUT2D eigenvalue weighted by Gasteiger charge is 2.26. The van der Waals surface area contributed by atoms with Crippen molar-refractivity contribution < 1.29 is 22.7 Å². The van der Waals surface area contributed by atoms with Crippen molar-refractivity contribution in [3.05, 3.63) is 54.6 Å². The Bertz CT molecular complexity index is 1300. The number of anilines is 1. The number of aromatic nitrogens is 3. The first kappa shape index (κ1) is 25.5. The maximum absolute atomic E-state index is 13.2. The lowest BCUT2D eigenvalue weighted by molar-refractivity contribution is 0.195. The molecule has 3 aromatic rings. The highest BCUT2D eigenvalue weighted by atomic mass is 32.2. The number of sulfonamides is 1. The van der Waals surface area contributed by atoms with Crippen molar-refractivity contribution in [2.75, 3.05) is 31.6 Å². The number of ether oxygens (including phenoxy) is 2. The predicted molar refractivity (Wildman–Crippen MR) is 134 cm³/mol. The van der Waals surface area contributed by atoms with Gasteiger partial charge in [-0.2, -0.15) is 4.31 Å². The molecule has 1 aromatic heterocycles. The summed E-state index contributed by atoms with van der Waals surface area (Å²) < 4.78 is 41.0. The summed E-state index contributed by atoms with van der Waals surface area (Å²) in [7, 11) is -3.74. The Labute approximate surface area is 210 Å². The van der Waals surface area contributed by atoms with Crippen molar-refractivity contribution in [3.8, 4) is 17.2 Å². The summed E-state index contributed by atoms with van der Waals surface area (Å²) in [4.78, 5) is 14.8. The smallest absolute Gasteiger partial charge is 0.322 e.